The zero-order valence-electron chi connectivity index (χ0n) is 14.8. The molecule has 0 atom stereocenters. The van der Waals surface area contributed by atoms with Crippen molar-refractivity contribution in [2.45, 2.75) is 37.6 Å². The van der Waals surface area contributed by atoms with Gasteiger partial charge in [-0.05, 0) is 19.9 Å². The lowest BCUT2D eigenvalue weighted by molar-refractivity contribution is -0.139. The second-order valence-corrected chi connectivity index (χ2v) is 6.82. The van der Waals surface area contributed by atoms with Crippen molar-refractivity contribution in [3.05, 3.63) is 0 Å². The summed E-state index contributed by atoms with van der Waals surface area (Å²) in [4.78, 5) is 29.9. The van der Waals surface area contributed by atoms with E-state index in [1.54, 1.807) is 28.8 Å². The third-order valence-corrected chi connectivity index (χ3v) is 5.08. The van der Waals surface area contributed by atoms with Crippen LogP contribution < -0.4 is 0 Å². The van der Waals surface area contributed by atoms with Crippen molar-refractivity contribution in [2.24, 2.45) is 0 Å². The van der Waals surface area contributed by atoms with E-state index in [9.17, 15) is 14.9 Å². The highest BCUT2D eigenvalue weighted by Gasteiger charge is 2.38. The molecule has 0 radical (unpaired) electrons. The fraction of sp³-hybridized carbons (Fsp3) is 0.824. The zero-order chi connectivity index (χ0) is 17.6. The van der Waals surface area contributed by atoms with Gasteiger partial charge in [-0.3, -0.25) is 14.5 Å². The first-order valence-corrected chi connectivity index (χ1v) is 8.70. The molecule has 0 aromatic carbocycles. The smallest absolute Gasteiger partial charge is 0.237 e. The van der Waals surface area contributed by atoms with Gasteiger partial charge in [-0.1, -0.05) is 19.3 Å². The molecule has 1 saturated carbocycles. The molecule has 2 aliphatic rings. The summed E-state index contributed by atoms with van der Waals surface area (Å²) >= 11 is 0. The number of carbonyl (C=O) groups excluding carboxylic acids is 2. The molecule has 1 saturated heterocycles. The van der Waals surface area contributed by atoms with E-state index in [1.165, 1.54) is 0 Å². The lowest BCUT2D eigenvalue weighted by Gasteiger charge is -2.39. The molecule has 2 rings (SSSR count). The number of ether oxygens (including phenoxy) is 1. The van der Waals surface area contributed by atoms with Crippen molar-refractivity contribution in [2.75, 3.05) is 53.5 Å². The molecule has 0 bridgehead atoms. The van der Waals surface area contributed by atoms with Gasteiger partial charge >= 0.3 is 0 Å². The van der Waals surface area contributed by atoms with Crippen LogP contribution in [0.25, 0.3) is 0 Å². The summed E-state index contributed by atoms with van der Waals surface area (Å²) in [5.41, 5.74) is -0.676. The Balaban J connectivity index is 1.86. The van der Waals surface area contributed by atoms with E-state index in [1.807, 2.05) is 0 Å². The molecule has 24 heavy (non-hydrogen) atoms. The molecule has 1 aliphatic heterocycles. The largest absolute Gasteiger partial charge is 0.378 e. The fourth-order valence-electron chi connectivity index (χ4n) is 3.43. The number of morpholine rings is 1. The molecule has 2 fully saturated rings. The van der Waals surface area contributed by atoms with Gasteiger partial charge < -0.3 is 14.5 Å². The van der Waals surface area contributed by atoms with Crippen LogP contribution in [-0.4, -0.2) is 85.5 Å². The quantitative estimate of drug-likeness (QED) is 0.729. The Morgan fingerprint density at radius 2 is 1.75 bits per heavy atom. The average molecular weight is 336 g/mol. The standard InChI is InChI=1S/C17H28N4O3/c1-19(13-16(23)21-8-10-24-11-9-21)12-15(22)20(2)17(14-18)6-4-3-5-7-17/h3-13H2,1-2H3. The molecule has 0 spiro atoms. The normalized spacial score (nSPS) is 20.5. The Morgan fingerprint density at radius 3 is 2.33 bits per heavy atom. The first kappa shape index (κ1) is 18.7. The van der Waals surface area contributed by atoms with Gasteiger partial charge in [0.1, 0.15) is 5.54 Å². The third kappa shape index (κ3) is 4.46. The van der Waals surface area contributed by atoms with Crippen LogP contribution in [0.2, 0.25) is 0 Å². The molecule has 2 amide bonds. The van der Waals surface area contributed by atoms with Crippen LogP contribution in [0.15, 0.2) is 0 Å². The first-order chi connectivity index (χ1) is 11.5. The van der Waals surface area contributed by atoms with Crippen LogP contribution >= 0.6 is 0 Å². The second kappa shape index (κ2) is 8.45. The van der Waals surface area contributed by atoms with E-state index in [-0.39, 0.29) is 24.9 Å². The summed E-state index contributed by atoms with van der Waals surface area (Å²) < 4.78 is 5.24. The van der Waals surface area contributed by atoms with Crippen molar-refractivity contribution < 1.29 is 14.3 Å². The molecule has 0 aromatic rings. The molecule has 0 unspecified atom stereocenters. The number of hydrogen-bond donors (Lipinski definition) is 0. The molecule has 134 valence electrons. The predicted octanol–water partition coefficient (Wildman–Crippen LogP) is 0.462. The molecule has 1 aliphatic carbocycles. The Bertz CT molecular complexity index is 491. The highest BCUT2D eigenvalue weighted by Crippen LogP contribution is 2.32. The van der Waals surface area contributed by atoms with Crippen LogP contribution in [0.3, 0.4) is 0 Å². The predicted molar refractivity (Wildman–Crippen MR) is 89.1 cm³/mol. The van der Waals surface area contributed by atoms with Gasteiger partial charge in [-0.25, -0.2) is 0 Å². The van der Waals surface area contributed by atoms with E-state index in [2.05, 4.69) is 6.07 Å². The third-order valence-electron chi connectivity index (χ3n) is 5.08. The minimum atomic E-state index is -0.676. The number of amides is 2. The van der Waals surface area contributed by atoms with Gasteiger partial charge in [0.15, 0.2) is 0 Å². The number of hydrogen-bond acceptors (Lipinski definition) is 5. The molecular weight excluding hydrogens is 308 g/mol. The Kier molecular flexibility index (Phi) is 6.58. The van der Waals surface area contributed by atoms with Crippen LogP contribution in [0.4, 0.5) is 0 Å². The highest BCUT2D eigenvalue weighted by atomic mass is 16.5. The molecule has 1 heterocycles. The number of likely N-dealkylation sites (N-methyl/N-ethyl adjacent to an activating group) is 2. The zero-order valence-corrected chi connectivity index (χ0v) is 14.8. The van der Waals surface area contributed by atoms with E-state index < -0.39 is 5.54 Å². The van der Waals surface area contributed by atoms with Gasteiger partial charge in [-0.15, -0.1) is 0 Å². The monoisotopic (exact) mass is 336 g/mol. The fourth-order valence-corrected chi connectivity index (χ4v) is 3.43. The summed E-state index contributed by atoms with van der Waals surface area (Å²) in [5, 5.41) is 9.58. The topological polar surface area (TPSA) is 76.9 Å². The maximum absolute atomic E-state index is 12.6. The van der Waals surface area contributed by atoms with Crippen molar-refractivity contribution in [3.63, 3.8) is 0 Å². The van der Waals surface area contributed by atoms with Crippen molar-refractivity contribution in [1.82, 2.24) is 14.7 Å². The van der Waals surface area contributed by atoms with Crippen molar-refractivity contribution in [3.8, 4) is 6.07 Å². The average Bonchev–Trinajstić information content (AvgIpc) is 2.62. The van der Waals surface area contributed by atoms with Gasteiger partial charge in [-0.2, -0.15) is 5.26 Å². The minimum absolute atomic E-state index is 0.0175. The minimum Gasteiger partial charge on any atom is -0.378 e. The van der Waals surface area contributed by atoms with Crippen LogP contribution in [0.5, 0.6) is 0 Å². The van der Waals surface area contributed by atoms with Crippen LogP contribution in [-0.2, 0) is 14.3 Å². The van der Waals surface area contributed by atoms with Crippen LogP contribution in [0, 0.1) is 11.3 Å². The maximum Gasteiger partial charge on any atom is 0.237 e. The maximum atomic E-state index is 12.6. The molecule has 0 aromatic heterocycles. The number of nitriles is 1. The lowest BCUT2D eigenvalue weighted by Crippen LogP contribution is -2.53. The molecule has 0 N–H and O–H groups in total. The van der Waals surface area contributed by atoms with Crippen molar-refractivity contribution >= 4 is 11.8 Å². The summed E-state index contributed by atoms with van der Waals surface area (Å²) in [6, 6.07) is 2.36. The summed E-state index contributed by atoms with van der Waals surface area (Å²) in [7, 11) is 3.48. The Labute approximate surface area is 144 Å². The van der Waals surface area contributed by atoms with Gasteiger partial charge in [0.2, 0.25) is 11.8 Å². The molecular formula is C17H28N4O3. The Hall–Kier alpha value is -1.65. The van der Waals surface area contributed by atoms with E-state index in [4.69, 9.17) is 4.74 Å². The SMILES string of the molecule is CN(CC(=O)N1CCOCC1)CC(=O)N(C)C1(C#N)CCCCC1. The number of carbonyl (C=O) groups is 2. The van der Waals surface area contributed by atoms with E-state index >= 15 is 0 Å². The van der Waals surface area contributed by atoms with Gasteiger partial charge in [0.25, 0.3) is 0 Å². The van der Waals surface area contributed by atoms with E-state index in [0.717, 1.165) is 32.1 Å². The molecule has 7 heteroatoms. The number of nitrogens with zero attached hydrogens (tertiary/aromatic N) is 4. The van der Waals surface area contributed by atoms with E-state index in [0.29, 0.717) is 26.3 Å². The lowest BCUT2D eigenvalue weighted by atomic mass is 9.81. The van der Waals surface area contributed by atoms with Crippen molar-refractivity contribution in [1.29, 1.82) is 5.26 Å². The molecule has 7 nitrogen and oxygen atoms in total. The summed E-state index contributed by atoms with van der Waals surface area (Å²) in [5.74, 6) is -0.0837. The first-order valence-electron chi connectivity index (χ1n) is 8.70. The van der Waals surface area contributed by atoms with Gasteiger partial charge in [0.05, 0.1) is 32.4 Å². The van der Waals surface area contributed by atoms with Crippen LogP contribution in [0.1, 0.15) is 32.1 Å². The highest BCUT2D eigenvalue weighted by molar-refractivity contribution is 5.82. The summed E-state index contributed by atoms with van der Waals surface area (Å²) in [6.45, 7) is 2.72. The second-order valence-electron chi connectivity index (χ2n) is 6.82. The number of rotatable bonds is 5. The summed E-state index contributed by atoms with van der Waals surface area (Å²) in [6.07, 6.45) is 4.57. The Morgan fingerprint density at radius 1 is 1.12 bits per heavy atom. The van der Waals surface area contributed by atoms with Gasteiger partial charge in [0, 0.05) is 20.1 Å².